The third-order valence-electron chi connectivity index (χ3n) is 6.91. The Hall–Kier alpha value is -1.88. The van der Waals surface area contributed by atoms with Crippen molar-refractivity contribution in [3.8, 4) is 11.5 Å². The second-order valence-corrected chi connectivity index (χ2v) is 10.8. The molecule has 0 atom stereocenters. The third-order valence-corrected chi connectivity index (χ3v) is 7.65. The molecule has 4 rings (SSSR count). The molecule has 42 heavy (non-hydrogen) atoms. The van der Waals surface area contributed by atoms with Crippen LogP contribution >= 0.6 is 0 Å². The Labute approximate surface area is 282 Å². The summed E-state index contributed by atoms with van der Waals surface area (Å²) >= 11 is 8.85. The van der Waals surface area contributed by atoms with Gasteiger partial charge < -0.3 is 31.3 Å². The average molecular weight is 708 g/mol. The summed E-state index contributed by atoms with van der Waals surface area (Å²) in [5, 5.41) is 33.0. The predicted molar refractivity (Wildman–Crippen MR) is 171 cm³/mol. The topological polar surface area (TPSA) is 106 Å². The van der Waals surface area contributed by atoms with Crippen LogP contribution in [0.2, 0.25) is 0 Å². The Kier molecular flexibility index (Phi) is 19.0. The van der Waals surface area contributed by atoms with Gasteiger partial charge in [-0.3, -0.25) is 0 Å². The molecular weight excluding hydrogens is 668 g/mol. The summed E-state index contributed by atoms with van der Waals surface area (Å²) < 4.78 is 0. The maximum atomic E-state index is 11.7. The molecule has 0 unspecified atom stereocenters. The summed E-state index contributed by atoms with van der Waals surface area (Å²) in [6, 6.07) is 13.7. The Bertz CT molecular complexity index is 1090. The van der Waals surface area contributed by atoms with E-state index in [1.807, 2.05) is 12.1 Å². The van der Waals surface area contributed by atoms with Crippen molar-refractivity contribution in [3.05, 3.63) is 70.5 Å². The molecule has 0 aliphatic carbocycles. The van der Waals surface area contributed by atoms with Crippen molar-refractivity contribution in [1.82, 2.24) is 9.80 Å². The van der Waals surface area contributed by atoms with Gasteiger partial charge in [-0.05, 0) is 50.7 Å². The molecule has 234 valence electrons. The van der Waals surface area contributed by atoms with Gasteiger partial charge in [-0.1, -0.05) is 85.7 Å². The molecule has 0 bridgehead atoms. The van der Waals surface area contributed by atoms with E-state index in [2.05, 4.69) is 55.3 Å². The molecule has 0 saturated carbocycles. The van der Waals surface area contributed by atoms with E-state index in [9.17, 15) is 10.2 Å². The van der Waals surface area contributed by atoms with Crippen LogP contribution in [0.15, 0.2) is 58.7 Å². The fourth-order valence-corrected chi connectivity index (χ4v) is 5.04. The van der Waals surface area contributed by atoms with Crippen molar-refractivity contribution in [2.75, 3.05) is 26.2 Å². The maximum absolute atomic E-state index is 11.7. The molecule has 2 saturated heterocycles. The van der Waals surface area contributed by atoms with E-state index in [4.69, 9.17) is 0 Å². The first kappa shape index (κ1) is 38.1. The zero-order chi connectivity index (χ0) is 28.7. The van der Waals surface area contributed by atoms with E-state index in [1.54, 1.807) is 38.1 Å². The molecule has 0 spiro atoms. The largest absolute Gasteiger partial charge is 2.00 e. The van der Waals surface area contributed by atoms with Crippen molar-refractivity contribution >= 4 is 46.1 Å². The van der Waals surface area contributed by atoms with Gasteiger partial charge in [0.1, 0.15) is 0 Å². The van der Waals surface area contributed by atoms with Crippen LogP contribution in [0.5, 0.6) is 11.5 Å². The van der Waals surface area contributed by atoms with Crippen molar-refractivity contribution in [3.63, 3.8) is 0 Å². The molecule has 2 heterocycles. The summed E-state index contributed by atoms with van der Waals surface area (Å²) in [6.45, 7) is 7.52. The molecule has 2 aliphatic heterocycles. The SMILES string of the molecule is CC(=N[N-]C(=[SH+])N1CCCCCC1)c1ccccc1[O-].CC(=N[N-]C(=[SH+])N1CCCCCC1)c1ccccc1[O-].[Cu+2].[Cu+2]. The summed E-state index contributed by atoms with van der Waals surface area (Å²) in [5.41, 5.74) is 10.8. The van der Waals surface area contributed by atoms with E-state index >= 15 is 0 Å². The number of likely N-dealkylation sites (tertiary alicyclic amines) is 2. The first-order valence-electron chi connectivity index (χ1n) is 14.0. The average Bonchev–Trinajstić information content (AvgIpc) is 3.41. The summed E-state index contributed by atoms with van der Waals surface area (Å²) in [5.74, 6) is -0.0566. The summed E-state index contributed by atoms with van der Waals surface area (Å²) in [7, 11) is 0. The van der Waals surface area contributed by atoms with Gasteiger partial charge in [0.05, 0.1) is 0 Å². The molecule has 12 heteroatoms. The van der Waals surface area contributed by atoms with Gasteiger partial charge in [-0.25, -0.2) is 9.80 Å². The van der Waals surface area contributed by atoms with Crippen LogP contribution in [0.25, 0.3) is 10.9 Å². The van der Waals surface area contributed by atoms with E-state index in [0.29, 0.717) is 32.8 Å². The van der Waals surface area contributed by atoms with Crippen LogP contribution < -0.4 is 10.2 Å². The molecule has 8 nitrogen and oxygen atoms in total. The van der Waals surface area contributed by atoms with E-state index < -0.39 is 0 Å². The molecule has 2 fully saturated rings. The van der Waals surface area contributed by atoms with Crippen LogP contribution in [0.4, 0.5) is 0 Å². The zero-order valence-electron chi connectivity index (χ0n) is 24.1. The van der Waals surface area contributed by atoms with Gasteiger partial charge in [0.15, 0.2) is 34.7 Å². The number of para-hydroxylation sites is 2. The number of benzene rings is 2. The van der Waals surface area contributed by atoms with Gasteiger partial charge in [0.2, 0.25) is 0 Å². The van der Waals surface area contributed by atoms with Crippen molar-refractivity contribution in [2.45, 2.75) is 65.2 Å². The first-order valence-corrected chi connectivity index (χ1v) is 14.9. The smallest absolute Gasteiger partial charge is 0.872 e. The van der Waals surface area contributed by atoms with Crippen molar-refractivity contribution < 1.29 is 44.4 Å². The number of hydrogen-bond donors (Lipinski definition) is 0. The van der Waals surface area contributed by atoms with Gasteiger partial charge >= 0.3 is 34.1 Å². The molecule has 2 radical (unpaired) electrons. The molecule has 2 aromatic rings. The van der Waals surface area contributed by atoms with Gasteiger partial charge in [0, 0.05) is 37.6 Å². The second kappa shape index (κ2) is 20.9. The molecule has 0 aromatic heterocycles. The number of thiol groups is 2. The van der Waals surface area contributed by atoms with Gasteiger partial charge in [-0.15, -0.1) is 0 Å². The van der Waals surface area contributed by atoms with Crippen LogP contribution in [0, 0.1) is 0 Å². The molecule has 2 aromatic carbocycles. The fourth-order valence-electron chi connectivity index (χ4n) is 4.55. The van der Waals surface area contributed by atoms with Gasteiger partial charge in [-0.2, -0.15) is 0 Å². The normalized spacial score (nSPS) is 16.7. The predicted octanol–water partition coefficient (Wildman–Crippen LogP) is 4.20. The second-order valence-electron chi connectivity index (χ2n) is 9.97. The van der Waals surface area contributed by atoms with E-state index in [0.717, 1.165) is 26.2 Å². The third kappa shape index (κ3) is 12.8. The zero-order valence-corrected chi connectivity index (χ0v) is 27.8. The molecule has 0 N–H and O–H groups in total. The summed E-state index contributed by atoms with van der Waals surface area (Å²) in [4.78, 5) is 4.30. The number of nitrogens with zero attached hydrogens (tertiary/aromatic N) is 6. The van der Waals surface area contributed by atoms with Crippen LogP contribution in [0.1, 0.15) is 76.3 Å². The standard InChI is InChI=1S/2C15H21N3OS.2Cu/c2*1-12(13-8-4-5-9-14(13)19)16-17-15(20)18-10-6-2-3-7-11-18;;/h2*4-5,8-9H,2-3,6-7,10-11H2,1H3,(H2,16,17,19,20);;/q;;2*+2/p-2. The van der Waals surface area contributed by atoms with Crippen molar-refractivity contribution in [2.24, 2.45) is 10.2 Å². The Morgan fingerprint density at radius 1 is 0.595 bits per heavy atom. The van der Waals surface area contributed by atoms with E-state index in [-0.39, 0.29) is 45.6 Å². The van der Waals surface area contributed by atoms with Crippen LogP contribution in [-0.2, 0) is 58.6 Å². The molecule has 2 aliphatic rings. The first-order chi connectivity index (χ1) is 19.4. The summed E-state index contributed by atoms with van der Waals surface area (Å²) in [6.07, 6.45) is 9.76. The minimum absolute atomic E-state index is 0. The number of hydrogen-bond acceptors (Lipinski definition) is 4. The van der Waals surface area contributed by atoms with E-state index in [1.165, 1.54) is 63.5 Å². The number of rotatable bonds is 4. The minimum atomic E-state index is -0.0283. The molecular formula is C30H40Cu2N6O2S2+2. The van der Waals surface area contributed by atoms with Gasteiger partial charge in [0.25, 0.3) is 0 Å². The van der Waals surface area contributed by atoms with Crippen molar-refractivity contribution in [1.29, 1.82) is 0 Å². The quantitative estimate of drug-likeness (QED) is 0.119. The fraction of sp³-hybridized carbons (Fsp3) is 0.467. The molecule has 0 amide bonds. The Balaban J connectivity index is 0.000000401. The maximum Gasteiger partial charge on any atom is 2.00 e. The van der Waals surface area contributed by atoms with Crippen LogP contribution in [0.3, 0.4) is 0 Å². The monoisotopic (exact) mass is 706 g/mol. The Morgan fingerprint density at radius 2 is 0.905 bits per heavy atom. The Morgan fingerprint density at radius 3 is 1.21 bits per heavy atom. The van der Waals surface area contributed by atoms with Crippen LogP contribution in [-0.4, -0.2) is 57.6 Å². The minimum Gasteiger partial charge on any atom is -0.872 e.